The first kappa shape index (κ1) is 11.8. The molecule has 18 heavy (non-hydrogen) atoms. The maximum Gasteiger partial charge on any atom is 0.0890 e. The van der Waals surface area contributed by atoms with Gasteiger partial charge in [-0.1, -0.05) is 12.1 Å². The number of thiophene rings is 1. The molecule has 90 valence electrons. The zero-order valence-corrected chi connectivity index (χ0v) is 11.8. The number of hydrogen-bond acceptors (Lipinski definition) is 4. The molecule has 3 aromatic rings. The van der Waals surface area contributed by atoms with Crippen LogP contribution in [0.5, 0.6) is 0 Å². The number of fused-ring (bicyclic) bond motifs is 1. The second-order valence-corrected chi connectivity index (χ2v) is 5.53. The van der Waals surface area contributed by atoms with E-state index in [0.717, 1.165) is 26.8 Å². The van der Waals surface area contributed by atoms with Crippen molar-refractivity contribution in [3.8, 4) is 0 Å². The zero-order valence-electron chi connectivity index (χ0n) is 9.38. The van der Waals surface area contributed by atoms with Gasteiger partial charge in [-0.25, -0.2) is 4.98 Å². The van der Waals surface area contributed by atoms with Gasteiger partial charge in [-0.3, -0.25) is 4.98 Å². The van der Waals surface area contributed by atoms with Crippen LogP contribution >= 0.6 is 27.3 Å². The van der Waals surface area contributed by atoms with Crippen LogP contribution in [0.1, 0.15) is 17.3 Å². The number of para-hydroxylation sites is 2. The fourth-order valence-electron chi connectivity index (χ4n) is 1.79. The van der Waals surface area contributed by atoms with Gasteiger partial charge in [-0.2, -0.15) is 11.3 Å². The van der Waals surface area contributed by atoms with E-state index < -0.39 is 0 Å². The lowest BCUT2D eigenvalue weighted by Gasteiger charge is -2.10. The minimum atomic E-state index is -0.247. The largest absolute Gasteiger partial charge is 0.319 e. The molecular formula is C13H10BrN3S. The van der Waals surface area contributed by atoms with Gasteiger partial charge in [0.2, 0.25) is 0 Å². The third kappa shape index (κ3) is 2.05. The maximum absolute atomic E-state index is 6.23. The van der Waals surface area contributed by atoms with Gasteiger partial charge in [0, 0.05) is 9.85 Å². The molecular weight excluding hydrogens is 310 g/mol. The van der Waals surface area contributed by atoms with Crippen LogP contribution < -0.4 is 5.73 Å². The van der Waals surface area contributed by atoms with Crippen LogP contribution in [-0.4, -0.2) is 9.97 Å². The van der Waals surface area contributed by atoms with Crippen LogP contribution in [0, 0.1) is 0 Å². The Bertz CT molecular complexity index is 695. The van der Waals surface area contributed by atoms with Crippen molar-refractivity contribution in [2.75, 3.05) is 0 Å². The van der Waals surface area contributed by atoms with Gasteiger partial charge in [-0.15, -0.1) is 0 Å². The number of halogens is 1. The van der Waals surface area contributed by atoms with Crippen LogP contribution in [0.2, 0.25) is 0 Å². The number of aromatic nitrogens is 2. The Morgan fingerprint density at radius 3 is 2.67 bits per heavy atom. The van der Waals surface area contributed by atoms with E-state index in [1.807, 2.05) is 35.0 Å². The number of nitrogens with zero attached hydrogens (tertiary/aromatic N) is 2. The Kier molecular flexibility index (Phi) is 3.11. The molecule has 0 aliphatic carbocycles. The minimum Gasteiger partial charge on any atom is -0.319 e. The van der Waals surface area contributed by atoms with Crippen LogP contribution in [0.25, 0.3) is 11.0 Å². The van der Waals surface area contributed by atoms with Gasteiger partial charge < -0.3 is 5.73 Å². The fraction of sp³-hybridized carbons (Fsp3) is 0.0769. The molecule has 2 aromatic heterocycles. The van der Waals surface area contributed by atoms with Gasteiger partial charge in [0.05, 0.1) is 29.0 Å². The lowest BCUT2D eigenvalue weighted by Crippen LogP contribution is -2.13. The van der Waals surface area contributed by atoms with E-state index in [1.165, 1.54) is 0 Å². The highest BCUT2D eigenvalue weighted by molar-refractivity contribution is 9.10. The molecule has 0 spiro atoms. The van der Waals surface area contributed by atoms with Crippen molar-refractivity contribution in [1.82, 2.24) is 9.97 Å². The highest BCUT2D eigenvalue weighted by Gasteiger charge is 2.15. The predicted octanol–water partition coefficient (Wildman–Crippen LogP) is 3.50. The van der Waals surface area contributed by atoms with Crippen LogP contribution in [0.4, 0.5) is 0 Å². The summed E-state index contributed by atoms with van der Waals surface area (Å²) in [6.45, 7) is 0. The molecule has 2 heterocycles. The van der Waals surface area contributed by atoms with E-state index in [-0.39, 0.29) is 6.04 Å². The van der Waals surface area contributed by atoms with Gasteiger partial charge >= 0.3 is 0 Å². The van der Waals surface area contributed by atoms with Crippen molar-refractivity contribution in [3.63, 3.8) is 0 Å². The number of rotatable bonds is 2. The van der Waals surface area contributed by atoms with Crippen molar-refractivity contribution in [2.45, 2.75) is 6.04 Å². The summed E-state index contributed by atoms with van der Waals surface area (Å²) in [6.07, 6.45) is 1.75. The molecule has 1 unspecified atom stereocenters. The minimum absolute atomic E-state index is 0.247. The Labute approximate surface area is 117 Å². The van der Waals surface area contributed by atoms with Crippen LogP contribution in [0.3, 0.4) is 0 Å². The first-order chi connectivity index (χ1) is 8.75. The molecule has 5 heteroatoms. The molecule has 1 aromatic carbocycles. The lowest BCUT2D eigenvalue weighted by atomic mass is 10.1. The van der Waals surface area contributed by atoms with Gasteiger partial charge in [0.1, 0.15) is 0 Å². The summed E-state index contributed by atoms with van der Waals surface area (Å²) in [5, 5.41) is 4.05. The van der Waals surface area contributed by atoms with E-state index in [1.54, 1.807) is 17.5 Å². The van der Waals surface area contributed by atoms with Gasteiger partial charge in [0.25, 0.3) is 0 Å². The number of nitrogens with two attached hydrogens (primary N) is 1. The van der Waals surface area contributed by atoms with E-state index >= 15 is 0 Å². The van der Waals surface area contributed by atoms with E-state index in [4.69, 9.17) is 5.73 Å². The smallest absolute Gasteiger partial charge is 0.0890 e. The zero-order chi connectivity index (χ0) is 12.5. The molecule has 1 atom stereocenters. The molecule has 2 N–H and O–H groups in total. The quantitative estimate of drug-likeness (QED) is 0.786. The second-order valence-electron chi connectivity index (χ2n) is 3.94. The molecule has 3 nitrogen and oxygen atoms in total. The van der Waals surface area contributed by atoms with E-state index in [9.17, 15) is 0 Å². The lowest BCUT2D eigenvalue weighted by molar-refractivity contribution is 0.828. The maximum atomic E-state index is 6.23. The Hall–Kier alpha value is -1.30. The summed E-state index contributed by atoms with van der Waals surface area (Å²) in [4.78, 5) is 8.96. The summed E-state index contributed by atoms with van der Waals surface area (Å²) >= 11 is 5.11. The van der Waals surface area contributed by atoms with Crippen molar-refractivity contribution in [3.05, 3.63) is 57.0 Å². The summed E-state index contributed by atoms with van der Waals surface area (Å²) in [7, 11) is 0. The Balaban J connectivity index is 2.07. The first-order valence-corrected chi connectivity index (χ1v) is 7.18. The number of benzene rings is 1. The van der Waals surface area contributed by atoms with Crippen molar-refractivity contribution in [2.24, 2.45) is 5.73 Å². The molecule has 3 rings (SSSR count). The average Bonchev–Trinajstić information content (AvgIpc) is 2.83. The van der Waals surface area contributed by atoms with E-state index in [2.05, 4.69) is 25.9 Å². The molecule has 0 aliphatic heterocycles. The third-order valence-electron chi connectivity index (χ3n) is 2.76. The van der Waals surface area contributed by atoms with Crippen LogP contribution in [-0.2, 0) is 0 Å². The average molecular weight is 320 g/mol. The molecule has 0 saturated heterocycles. The summed E-state index contributed by atoms with van der Waals surface area (Å²) in [5.74, 6) is 0. The first-order valence-electron chi connectivity index (χ1n) is 5.44. The fourth-order valence-corrected chi connectivity index (χ4v) is 3.37. The van der Waals surface area contributed by atoms with E-state index in [0.29, 0.717) is 0 Å². The van der Waals surface area contributed by atoms with Crippen molar-refractivity contribution in [1.29, 1.82) is 0 Å². The van der Waals surface area contributed by atoms with Crippen LogP contribution in [0.15, 0.2) is 45.7 Å². The Morgan fingerprint density at radius 1 is 1.17 bits per heavy atom. The van der Waals surface area contributed by atoms with Gasteiger partial charge in [0.15, 0.2) is 0 Å². The third-order valence-corrected chi connectivity index (χ3v) is 4.51. The van der Waals surface area contributed by atoms with Crippen molar-refractivity contribution < 1.29 is 0 Å². The second kappa shape index (κ2) is 4.76. The molecule has 0 amide bonds. The highest BCUT2D eigenvalue weighted by atomic mass is 79.9. The summed E-state index contributed by atoms with van der Waals surface area (Å²) < 4.78 is 1.02. The summed E-state index contributed by atoms with van der Waals surface area (Å²) in [6, 6.07) is 7.54. The van der Waals surface area contributed by atoms with Crippen molar-refractivity contribution >= 4 is 38.3 Å². The standard InChI is InChI=1S/C13H10BrN3S/c14-9-7-18-6-8(9)13(15)12-5-16-10-3-1-2-4-11(10)17-12/h1-7,13H,15H2. The number of hydrogen-bond donors (Lipinski definition) is 1. The molecule has 0 saturated carbocycles. The SMILES string of the molecule is NC(c1cnc2ccccc2n1)c1cscc1Br. The monoisotopic (exact) mass is 319 g/mol. The molecule has 0 aliphatic rings. The Morgan fingerprint density at radius 2 is 1.94 bits per heavy atom. The topological polar surface area (TPSA) is 51.8 Å². The molecule has 0 fully saturated rings. The highest BCUT2D eigenvalue weighted by Crippen LogP contribution is 2.29. The normalized spacial score (nSPS) is 12.8. The molecule has 0 radical (unpaired) electrons. The molecule has 0 bridgehead atoms. The summed E-state index contributed by atoms with van der Waals surface area (Å²) in [5.41, 5.74) is 9.82. The van der Waals surface area contributed by atoms with Gasteiger partial charge in [-0.05, 0) is 39.0 Å². The predicted molar refractivity (Wildman–Crippen MR) is 77.6 cm³/mol.